The van der Waals surface area contributed by atoms with E-state index in [1.165, 1.54) is 6.07 Å². The molecule has 0 saturated heterocycles. The van der Waals surface area contributed by atoms with Crippen LogP contribution in [0.2, 0.25) is 0 Å². The van der Waals surface area contributed by atoms with E-state index in [0.29, 0.717) is 12.0 Å². The van der Waals surface area contributed by atoms with Gasteiger partial charge in [-0.25, -0.2) is 0 Å². The Labute approximate surface area is 107 Å². The summed E-state index contributed by atoms with van der Waals surface area (Å²) in [6.07, 6.45) is 0. The lowest BCUT2D eigenvalue weighted by atomic mass is 10.0. The summed E-state index contributed by atoms with van der Waals surface area (Å²) >= 11 is 0. The summed E-state index contributed by atoms with van der Waals surface area (Å²) in [5.41, 5.74) is 0.945. The van der Waals surface area contributed by atoms with E-state index in [4.69, 9.17) is 0 Å². The van der Waals surface area contributed by atoms with Crippen molar-refractivity contribution in [2.24, 2.45) is 5.92 Å². The summed E-state index contributed by atoms with van der Waals surface area (Å²) in [6.45, 7) is 5.63. The third kappa shape index (κ3) is 4.61. The lowest BCUT2D eigenvalue weighted by Crippen LogP contribution is -2.32. The number of rotatable bonds is 6. The molecule has 1 aromatic carbocycles. The Bertz CT molecular complexity index is 369. The molecule has 0 fully saturated rings. The van der Waals surface area contributed by atoms with Crippen molar-refractivity contribution < 1.29 is 13.5 Å². The zero-order valence-electron chi connectivity index (χ0n) is 11.3. The fourth-order valence-electron chi connectivity index (χ4n) is 1.64. The normalized spacial score (nSPS) is 14.9. The van der Waals surface area contributed by atoms with Crippen molar-refractivity contribution in [2.45, 2.75) is 46.4 Å². The standard InChI is InChI=1S/C14H21F2NO/c1-9(2)10(3)17-11(4)12-6-5-7-13(8-12)18-14(15)16/h5-11,14,17H,1-4H3. The van der Waals surface area contributed by atoms with Gasteiger partial charge < -0.3 is 10.1 Å². The van der Waals surface area contributed by atoms with Crippen LogP contribution in [0, 0.1) is 5.92 Å². The molecule has 0 aliphatic heterocycles. The molecular weight excluding hydrogens is 236 g/mol. The van der Waals surface area contributed by atoms with Gasteiger partial charge in [0.15, 0.2) is 0 Å². The van der Waals surface area contributed by atoms with Gasteiger partial charge in [-0.05, 0) is 37.5 Å². The summed E-state index contributed by atoms with van der Waals surface area (Å²) in [7, 11) is 0. The zero-order valence-corrected chi connectivity index (χ0v) is 11.3. The molecule has 0 heterocycles. The number of benzene rings is 1. The van der Waals surface area contributed by atoms with E-state index < -0.39 is 6.61 Å². The van der Waals surface area contributed by atoms with Crippen molar-refractivity contribution in [3.63, 3.8) is 0 Å². The minimum Gasteiger partial charge on any atom is -0.435 e. The third-order valence-corrected chi connectivity index (χ3v) is 3.10. The van der Waals surface area contributed by atoms with Crippen molar-refractivity contribution >= 4 is 0 Å². The fourth-order valence-corrected chi connectivity index (χ4v) is 1.64. The van der Waals surface area contributed by atoms with Gasteiger partial charge >= 0.3 is 6.61 Å². The van der Waals surface area contributed by atoms with Gasteiger partial charge in [0.05, 0.1) is 0 Å². The molecule has 18 heavy (non-hydrogen) atoms. The van der Waals surface area contributed by atoms with Gasteiger partial charge in [0.2, 0.25) is 0 Å². The fraction of sp³-hybridized carbons (Fsp3) is 0.571. The number of hydrogen-bond donors (Lipinski definition) is 1. The Kier molecular flexibility index (Phi) is 5.54. The maximum atomic E-state index is 12.1. The molecule has 102 valence electrons. The minimum atomic E-state index is -2.78. The molecule has 0 aliphatic rings. The van der Waals surface area contributed by atoms with Gasteiger partial charge in [-0.1, -0.05) is 26.0 Å². The Hall–Kier alpha value is -1.16. The average Bonchev–Trinajstić information content (AvgIpc) is 2.28. The molecule has 0 radical (unpaired) electrons. The summed E-state index contributed by atoms with van der Waals surface area (Å²) in [5.74, 6) is 0.723. The van der Waals surface area contributed by atoms with E-state index in [1.54, 1.807) is 12.1 Å². The zero-order chi connectivity index (χ0) is 13.7. The van der Waals surface area contributed by atoms with Gasteiger partial charge in [0, 0.05) is 12.1 Å². The summed E-state index contributed by atoms with van der Waals surface area (Å²) in [4.78, 5) is 0. The topological polar surface area (TPSA) is 21.3 Å². The molecule has 4 heteroatoms. The maximum Gasteiger partial charge on any atom is 0.387 e. The van der Waals surface area contributed by atoms with Crippen LogP contribution in [0.4, 0.5) is 8.78 Å². The SMILES string of the molecule is CC(NC(C)C(C)C)c1cccc(OC(F)F)c1. The van der Waals surface area contributed by atoms with Gasteiger partial charge in [-0.15, -0.1) is 0 Å². The first kappa shape index (κ1) is 14.9. The Morgan fingerprint density at radius 1 is 1.11 bits per heavy atom. The van der Waals surface area contributed by atoms with Crippen LogP contribution >= 0.6 is 0 Å². The lowest BCUT2D eigenvalue weighted by molar-refractivity contribution is -0.0499. The molecule has 0 amide bonds. The quantitative estimate of drug-likeness (QED) is 0.832. The van der Waals surface area contributed by atoms with Crippen LogP contribution in [0.15, 0.2) is 24.3 Å². The highest BCUT2D eigenvalue weighted by molar-refractivity contribution is 5.30. The first-order valence-electron chi connectivity index (χ1n) is 6.21. The lowest BCUT2D eigenvalue weighted by Gasteiger charge is -2.23. The summed E-state index contributed by atoms with van der Waals surface area (Å²) < 4.78 is 28.7. The average molecular weight is 257 g/mol. The highest BCUT2D eigenvalue weighted by atomic mass is 19.3. The molecular formula is C14H21F2NO. The second-order valence-electron chi connectivity index (χ2n) is 4.87. The highest BCUT2D eigenvalue weighted by Crippen LogP contribution is 2.21. The second-order valence-corrected chi connectivity index (χ2v) is 4.87. The van der Waals surface area contributed by atoms with E-state index in [0.717, 1.165) is 5.56 Å². The predicted molar refractivity (Wildman–Crippen MR) is 68.9 cm³/mol. The Balaban J connectivity index is 2.70. The number of alkyl halides is 2. The number of nitrogens with one attached hydrogen (secondary N) is 1. The Morgan fingerprint density at radius 3 is 2.33 bits per heavy atom. The van der Waals surface area contributed by atoms with Crippen LogP contribution in [0.1, 0.15) is 39.3 Å². The Morgan fingerprint density at radius 2 is 1.78 bits per heavy atom. The van der Waals surface area contributed by atoms with Gasteiger partial charge in [0.1, 0.15) is 5.75 Å². The molecule has 1 aromatic rings. The second kappa shape index (κ2) is 6.69. The maximum absolute atomic E-state index is 12.1. The van der Waals surface area contributed by atoms with Gasteiger partial charge in [-0.2, -0.15) is 8.78 Å². The van der Waals surface area contributed by atoms with Crippen molar-refractivity contribution in [2.75, 3.05) is 0 Å². The predicted octanol–water partition coefficient (Wildman–Crippen LogP) is 3.98. The van der Waals surface area contributed by atoms with Crippen LogP contribution in [0.25, 0.3) is 0 Å². The van der Waals surface area contributed by atoms with E-state index in [9.17, 15) is 8.78 Å². The molecule has 0 aromatic heterocycles. The van der Waals surface area contributed by atoms with Crippen LogP contribution in [-0.4, -0.2) is 12.7 Å². The molecule has 2 unspecified atom stereocenters. The van der Waals surface area contributed by atoms with Crippen LogP contribution < -0.4 is 10.1 Å². The highest BCUT2D eigenvalue weighted by Gasteiger charge is 2.13. The monoisotopic (exact) mass is 257 g/mol. The molecule has 1 rings (SSSR count). The van der Waals surface area contributed by atoms with E-state index in [2.05, 4.69) is 30.8 Å². The van der Waals surface area contributed by atoms with Crippen LogP contribution in [-0.2, 0) is 0 Å². The minimum absolute atomic E-state index is 0.101. The third-order valence-electron chi connectivity index (χ3n) is 3.10. The van der Waals surface area contributed by atoms with Crippen LogP contribution in [0.5, 0.6) is 5.75 Å². The summed E-state index contributed by atoms with van der Waals surface area (Å²) in [6, 6.07) is 7.28. The van der Waals surface area contributed by atoms with E-state index in [1.807, 2.05) is 13.0 Å². The number of ether oxygens (including phenoxy) is 1. The molecule has 0 aliphatic carbocycles. The number of halogens is 2. The van der Waals surface area contributed by atoms with Crippen LogP contribution in [0.3, 0.4) is 0 Å². The van der Waals surface area contributed by atoms with E-state index in [-0.39, 0.29) is 11.8 Å². The van der Waals surface area contributed by atoms with Crippen molar-refractivity contribution in [1.82, 2.24) is 5.32 Å². The first-order chi connectivity index (χ1) is 8.40. The molecule has 0 saturated carbocycles. The largest absolute Gasteiger partial charge is 0.435 e. The van der Waals surface area contributed by atoms with Crippen molar-refractivity contribution in [1.29, 1.82) is 0 Å². The number of hydrogen-bond acceptors (Lipinski definition) is 2. The molecule has 1 N–H and O–H groups in total. The molecule has 0 bridgehead atoms. The van der Waals surface area contributed by atoms with Crippen molar-refractivity contribution in [3.8, 4) is 5.75 Å². The molecule has 2 nitrogen and oxygen atoms in total. The van der Waals surface area contributed by atoms with Gasteiger partial charge in [0.25, 0.3) is 0 Å². The van der Waals surface area contributed by atoms with Gasteiger partial charge in [-0.3, -0.25) is 0 Å². The van der Waals surface area contributed by atoms with E-state index >= 15 is 0 Å². The first-order valence-corrected chi connectivity index (χ1v) is 6.21. The molecule has 2 atom stereocenters. The smallest absolute Gasteiger partial charge is 0.387 e. The summed E-state index contributed by atoms with van der Waals surface area (Å²) in [5, 5.41) is 3.43. The van der Waals surface area contributed by atoms with Crippen molar-refractivity contribution in [3.05, 3.63) is 29.8 Å². The molecule has 0 spiro atoms.